The van der Waals surface area contributed by atoms with Gasteiger partial charge in [-0.3, -0.25) is 9.59 Å². The maximum Gasteiger partial charge on any atom is 0.235 e. The van der Waals surface area contributed by atoms with Crippen molar-refractivity contribution in [3.05, 3.63) is 46.3 Å². The van der Waals surface area contributed by atoms with Crippen LogP contribution in [-0.4, -0.2) is 21.8 Å². The lowest BCUT2D eigenvalue weighted by Gasteiger charge is -2.09. The second kappa shape index (κ2) is 4.91. The molecule has 0 bridgehead atoms. The summed E-state index contributed by atoms with van der Waals surface area (Å²) >= 11 is 11.8. The van der Waals surface area contributed by atoms with Gasteiger partial charge in [0.25, 0.3) is 0 Å². The molecule has 4 rings (SSSR count). The lowest BCUT2D eigenvalue weighted by molar-refractivity contribution is -0.122. The highest BCUT2D eigenvalue weighted by molar-refractivity contribution is 6.31. The molecule has 0 radical (unpaired) electrons. The van der Waals surface area contributed by atoms with E-state index >= 15 is 0 Å². The highest BCUT2D eigenvalue weighted by Gasteiger charge is 2.67. The number of nitrogens with zero attached hydrogens (tertiary/aromatic N) is 2. The highest BCUT2D eigenvalue weighted by Crippen LogP contribution is 2.60. The summed E-state index contributed by atoms with van der Waals surface area (Å²) in [6.45, 7) is 0. The van der Waals surface area contributed by atoms with Gasteiger partial charge in [0.15, 0.2) is 0 Å². The molecule has 1 saturated carbocycles. The Kier molecular flexibility index (Phi) is 3.08. The van der Waals surface area contributed by atoms with E-state index in [1.807, 2.05) is 0 Å². The number of carbonyl (C=O) groups excluding carboxylic acids is 2. The number of amides is 2. The molecule has 2 amide bonds. The third kappa shape index (κ3) is 2.17. The molecule has 6 nitrogen and oxygen atoms in total. The number of aromatic nitrogens is 2. The van der Waals surface area contributed by atoms with Crippen molar-refractivity contribution in [3.63, 3.8) is 0 Å². The lowest BCUT2D eigenvalue weighted by atomic mass is 9.94. The first-order valence-corrected chi connectivity index (χ1v) is 7.66. The van der Waals surface area contributed by atoms with Crippen molar-refractivity contribution in [2.24, 2.45) is 5.92 Å². The van der Waals surface area contributed by atoms with Crippen LogP contribution in [0.25, 0.3) is 0 Å². The molecule has 1 aromatic heterocycles. The van der Waals surface area contributed by atoms with Crippen LogP contribution in [0.15, 0.2) is 30.6 Å². The van der Waals surface area contributed by atoms with Gasteiger partial charge in [0.2, 0.25) is 11.8 Å². The molecule has 2 heterocycles. The van der Waals surface area contributed by atoms with Gasteiger partial charge >= 0.3 is 0 Å². The van der Waals surface area contributed by atoms with Crippen molar-refractivity contribution < 1.29 is 9.59 Å². The van der Waals surface area contributed by atoms with Gasteiger partial charge in [-0.1, -0.05) is 23.2 Å². The average molecular weight is 349 g/mol. The predicted octanol–water partition coefficient (Wildman–Crippen LogP) is 2.63. The van der Waals surface area contributed by atoms with Crippen LogP contribution in [0.4, 0.5) is 11.5 Å². The van der Waals surface area contributed by atoms with Crippen LogP contribution in [-0.2, 0) is 15.0 Å². The zero-order valence-electron chi connectivity index (χ0n) is 11.6. The SMILES string of the molecule is O=C(Nc1cc(Cl)ncn1)[C@@H]1C[C@]12C(=O)Nc1ccc(Cl)cc12. The van der Waals surface area contributed by atoms with Gasteiger partial charge in [0.1, 0.15) is 17.3 Å². The van der Waals surface area contributed by atoms with Crippen LogP contribution in [0.3, 0.4) is 0 Å². The standard InChI is InChI=1S/C15H10Cl2N4O2/c16-7-1-2-10-8(3-7)15(14(23)20-10)5-9(15)13(22)21-12-4-11(17)18-6-19-12/h1-4,6,9H,5H2,(H,20,23)(H,18,19,21,22)/t9-,15+/m0/s1. The Labute approximate surface area is 141 Å². The van der Waals surface area contributed by atoms with E-state index in [-0.39, 0.29) is 17.0 Å². The van der Waals surface area contributed by atoms with Crippen LogP contribution in [0.5, 0.6) is 0 Å². The normalized spacial score (nSPS) is 24.3. The van der Waals surface area contributed by atoms with Crippen molar-refractivity contribution in [3.8, 4) is 0 Å². The third-order valence-electron chi connectivity index (χ3n) is 4.28. The molecule has 2 N–H and O–H groups in total. The minimum absolute atomic E-state index is 0.171. The van der Waals surface area contributed by atoms with Crippen molar-refractivity contribution in [2.75, 3.05) is 10.6 Å². The van der Waals surface area contributed by atoms with Crippen molar-refractivity contribution >= 4 is 46.5 Å². The van der Waals surface area contributed by atoms with Gasteiger partial charge < -0.3 is 10.6 Å². The molecular formula is C15H10Cl2N4O2. The number of rotatable bonds is 2. The fourth-order valence-electron chi connectivity index (χ4n) is 3.09. The minimum atomic E-state index is -0.832. The van der Waals surface area contributed by atoms with Crippen molar-refractivity contribution in [2.45, 2.75) is 11.8 Å². The number of anilines is 2. The van der Waals surface area contributed by atoms with Crippen LogP contribution in [0.2, 0.25) is 10.2 Å². The molecular weight excluding hydrogens is 339 g/mol. The van der Waals surface area contributed by atoms with E-state index in [0.29, 0.717) is 22.9 Å². The number of halogens is 2. The first-order chi connectivity index (χ1) is 11.0. The molecule has 23 heavy (non-hydrogen) atoms. The number of nitrogens with one attached hydrogen (secondary N) is 2. The summed E-state index contributed by atoms with van der Waals surface area (Å²) < 4.78 is 0. The quantitative estimate of drug-likeness (QED) is 0.817. The van der Waals surface area contributed by atoms with Crippen LogP contribution in [0.1, 0.15) is 12.0 Å². The van der Waals surface area contributed by atoms with E-state index in [1.54, 1.807) is 18.2 Å². The van der Waals surface area contributed by atoms with Crippen LogP contribution < -0.4 is 10.6 Å². The van der Waals surface area contributed by atoms with E-state index < -0.39 is 11.3 Å². The molecule has 1 spiro atoms. The van der Waals surface area contributed by atoms with E-state index in [0.717, 1.165) is 5.56 Å². The zero-order valence-corrected chi connectivity index (χ0v) is 13.1. The lowest BCUT2D eigenvalue weighted by Crippen LogP contribution is -2.27. The smallest absolute Gasteiger partial charge is 0.235 e. The molecule has 0 saturated heterocycles. The maximum atomic E-state index is 12.5. The first kappa shape index (κ1) is 14.4. The van der Waals surface area contributed by atoms with Gasteiger partial charge in [-0.05, 0) is 30.2 Å². The Morgan fingerprint density at radius 3 is 2.91 bits per heavy atom. The largest absolute Gasteiger partial charge is 0.325 e. The number of benzene rings is 1. The highest BCUT2D eigenvalue weighted by atomic mass is 35.5. The topological polar surface area (TPSA) is 84.0 Å². The summed E-state index contributed by atoms with van der Waals surface area (Å²) in [6.07, 6.45) is 1.70. The van der Waals surface area contributed by atoms with Crippen LogP contribution in [0, 0.1) is 5.92 Å². The Morgan fingerprint density at radius 2 is 2.13 bits per heavy atom. The fraction of sp³-hybridized carbons (Fsp3) is 0.200. The minimum Gasteiger partial charge on any atom is -0.325 e. The number of fused-ring (bicyclic) bond motifs is 2. The monoisotopic (exact) mass is 348 g/mol. The Bertz CT molecular complexity index is 857. The van der Waals surface area contributed by atoms with Gasteiger partial charge in [-0.2, -0.15) is 0 Å². The van der Waals surface area contributed by atoms with Crippen molar-refractivity contribution in [1.29, 1.82) is 0 Å². The molecule has 2 aromatic rings. The summed E-state index contributed by atoms with van der Waals surface area (Å²) in [7, 11) is 0. The molecule has 8 heteroatoms. The summed E-state index contributed by atoms with van der Waals surface area (Å²) in [6, 6.07) is 6.65. The molecule has 1 fully saturated rings. The Hall–Kier alpha value is -2.18. The van der Waals surface area contributed by atoms with E-state index in [2.05, 4.69) is 20.6 Å². The van der Waals surface area contributed by atoms with Gasteiger partial charge in [0, 0.05) is 16.8 Å². The second-order valence-corrected chi connectivity index (χ2v) is 6.41. The average Bonchev–Trinajstić information content (AvgIpc) is 3.20. The maximum absolute atomic E-state index is 12.5. The molecule has 2 aliphatic rings. The van der Waals surface area contributed by atoms with E-state index in [9.17, 15) is 9.59 Å². The molecule has 1 aromatic carbocycles. The zero-order chi connectivity index (χ0) is 16.2. The summed E-state index contributed by atoms with van der Waals surface area (Å²) in [5.74, 6) is -0.601. The van der Waals surface area contributed by atoms with Gasteiger partial charge in [-0.15, -0.1) is 0 Å². The number of hydrogen-bond acceptors (Lipinski definition) is 4. The summed E-state index contributed by atoms with van der Waals surface area (Å²) in [5.41, 5.74) is 0.650. The Balaban J connectivity index is 1.61. The molecule has 1 aliphatic carbocycles. The van der Waals surface area contributed by atoms with E-state index in [4.69, 9.17) is 23.2 Å². The number of hydrogen-bond donors (Lipinski definition) is 2. The molecule has 1 aliphatic heterocycles. The Morgan fingerprint density at radius 1 is 1.30 bits per heavy atom. The summed E-state index contributed by atoms with van der Waals surface area (Å²) in [5, 5.41) is 6.25. The van der Waals surface area contributed by atoms with Crippen LogP contribution >= 0.6 is 23.2 Å². The van der Waals surface area contributed by atoms with Gasteiger partial charge in [0.05, 0.1) is 11.3 Å². The molecule has 0 unspecified atom stereocenters. The first-order valence-electron chi connectivity index (χ1n) is 6.90. The summed E-state index contributed by atoms with van der Waals surface area (Å²) in [4.78, 5) is 32.5. The molecule has 2 atom stereocenters. The number of carbonyl (C=O) groups is 2. The van der Waals surface area contributed by atoms with Crippen molar-refractivity contribution in [1.82, 2.24) is 9.97 Å². The molecule has 116 valence electrons. The van der Waals surface area contributed by atoms with Gasteiger partial charge in [-0.25, -0.2) is 9.97 Å². The second-order valence-electron chi connectivity index (χ2n) is 5.59. The third-order valence-corrected chi connectivity index (χ3v) is 4.72. The predicted molar refractivity (Wildman–Crippen MR) is 85.5 cm³/mol. The fourth-order valence-corrected chi connectivity index (χ4v) is 3.41. The van der Waals surface area contributed by atoms with E-state index in [1.165, 1.54) is 12.4 Å².